The molecule has 2 aliphatic heterocycles. The van der Waals surface area contributed by atoms with E-state index in [-0.39, 0.29) is 11.4 Å². The van der Waals surface area contributed by atoms with E-state index in [1.165, 1.54) is 19.3 Å². The third-order valence-electron chi connectivity index (χ3n) is 6.42. The van der Waals surface area contributed by atoms with Gasteiger partial charge in [-0.3, -0.25) is 14.7 Å². The summed E-state index contributed by atoms with van der Waals surface area (Å²) in [5, 5.41) is 6.67. The van der Waals surface area contributed by atoms with Gasteiger partial charge in [0.2, 0.25) is 5.91 Å². The van der Waals surface area contributed by atoms with Crippen LogP contribution in [0.3, 0.4) is 0 Å². The van der Waals surface area contributed by atoms with Gasteiger partial charge in [0.15, 0.2) is 5.96 Å². The minimum Gasteiger partial charge on any atom is -0.357 e. The van der Waals surface area contributed by atoms with Crippen LogP contribution in [0.25, 0.3) is 0 Å². The van der Waals surface area contributed by atoms with Gasteiger partial charge in [-0.25, -0.2) is 4.98 Å². The Kier molecular flexibility index (Phi) is 9.14. The molecule has 32 heavy (non-hydrogen) atoms. The number of hydrogen-bond acceptors (Lipinski definition) is 5. The molecule has 8 nitrogen and oxygen atoms in total. The number of pyridine rings is 1. The summed E-state index contributed by atoms with van der Waals surface area (Å²) in [6.07, 6.45) is 6.19. The Balaban J connectivity index is 1.41. The summed E-state index contributed by atoms with van der Waals surface area (Å²) in [5.74, 6) is 1.98. The lowest BCUT2D eigenvalue weighted by molar-refractivity contribution is -0.131. The van der Waals surface area contributed by atoms with Crippen molar-refractivity contribution >= 4 is 17.7 Å². The number of anilines is 1. The molecular formula is C24H41N7O. The number of rotatable bonds is 8. The number of guanidine groups is 1. The van der Waals surface area contributed by atoms with Gasteiger partial charge in [0.1, 0.15) is 5.82 Å². The zero-order valence-electron chi connectivity index (χ0n) is 20.1. The summed E-state index contributed by atoms with van der Waals surface area (Å²) in [5.41, 5.74) is 0.0475. The average Bonchev–Trinajstić information content (AvgIpc) is 2.83. The van der Waals surface area contributed by atoms with Crippen LogP contribution < -0.4 is 15.5 Å². The first-order valence-electron chi connectivity index (χ1n) is 12.2. The lowest BCUT2D eigenvalue weighted by Gasteiger charge is -2.40. The van der Waals surface area contributed by atoms with E-state index in [0.29, 0.717) is 13.0 Å². The maximum atomic E-state index is 12.7. The SMILES string of the molecule is CCNC(=NCC(C)(C)N1CCCCC1)NCCC(=O)N1CCN(c2ccccn2)CC1. The first kappa shape index (κ1) is 24.3. The van der Waals surface area contributed by atoms with Crippen molar-refractivity contribution in [2.75, 3.05) is 63.8 Å². The quantitative estimate of drug-likeness (QED) is 0.472. The molecule has 0 atom stereocenters. The molecule has 0 bridgehead atoms. The fourth-order valence-corrected chi connectivity index (χ4v) is 4.39. The van der Waals surface area contributed by atoms with Gasteiger partial charge in [-0.05, 0) is 58.8 Å². The fraction of sp³-hybridized carbons (Fsp3) is 0.708. The summed E-state index contributed by atoms with van der Waals surface area (Å²) in [6.45, 7) is 14.2. The van der Waals surface area contributed by atoms with Crippen LogP contribution in [0, 0.1) is 0 Å². The number of carbonyl (C=O) groups excluding carboxylic acids is 1. The molecule has 0 radical (unpaired) electrons. The van der Waals surface area contributed by atoms with Gasteiger partial charge >= 0.3 is 0 Å². The molecule has 0 aliphatic carbocycles. The van der Waals surface area contributed by atoms with E-state index in [4.69, 9.17) is 4.99 Å². The molecular weight excluding hydrogens is 402 g/mol. The van der Waals surface area contributed by atoms with Gasteiger partial charge in [-0.1, -0.05) is 12.5 Å². The topological polar surface area (TPSA) is 76.1 Å². The zero-order valence-corrected chi connectivity index (χ0v) is 20.1. The second kappa shape index (κ2) is 12.0. The number of likely N-dealkylation sites (tertiary alicyclic amines) is 1. The number of nitrogens with one attached hydrogen (secondary N) is 2. The third-order valence-corrected chi connectivity index (χ3v) is 6.42. The van der Waals surface area contributed by atoms with Gasteiger partial charge in [0.05, 0.1) is 6.54 Å². The molecule has 2 saturated heterocycles. The summed E-state index contributed by atoms with van der Waals surface area (Å²) in [4.78, 5) is 28.7. The second-order valence-corrected chi connectivity index (χ2v) is 9.29. The highest BCUT2D eigenvalue weighted by Crippen LogP contribution is 2.20. The van der Waals surface area contributed by atoms with Crippen LogP contribution in [-0.2, 0) is 4.79 Å². The van der Waals surface area contributed by atoms with E-state index in [0.717, 1.165) is 64.1 Å². The van der Waals surface area contributed by atoms with Crippen LogP contribution in [0.15, 0.2) is 29.4 Å². The number of piperazine rings is 1. The molecule has 2 aliphatic rings. The Morgan fingerprint density at radius 3 is 2.47 bits per heavy atom. The maximum absolute atomic E-state index is 12.7. The molecule has 1 aromatic rings. The number of amides is 1. The van der Waals surface area contributed by atoms with Gasteiger partial charge in [-0.15, -0.1) is 0 Å². The maximum Gasteiger partial charge on any atom is 0.224 e. The van der Waals surface area contributed by atoms with Crippen molar-refractivity contribution in [3.05, 3.63) is 24.4 Å². The normalized spacial score (nSPS) is 18.5. The van der Waals surface area contributed by atoms with Crippen LogP contribution in [0.4, 0.5) is 5.82 Å². The van der Waals surface area contributed by atoms with Crippen LogP contribution in [0.5, 0.6) is 0 Å². The smallest absolute Gasteiger partial charge is 0.224 e. The van der Waals surface area contributed by atoms with Gasteiger partial charge in [0, 0.05) is 57.4 Å². The number of aromatic nitrogens is 1. The van der Waals surface area contributed by atoms with Crippen LogP contribution >= 0.6 is 0 Å². The Labute approximate surface area is 193 Å². The van der Waals surface area contributed by atoms with Gasteiger partial charge in [-0.2, -0.15) is 0 Å². The standard InChI is InChI=1S/C24H41N7O/c1-4-25-23(28-20-24(2,3)31-14-8-5-9-15-31)27-13-11-22(32)30-18-16-29(17-19-30)21-10-6-7-12-26-21/h6-7,10,12H,4-5,8-9,11,13-20H2,1-3H3,(H2,25,27,28). The van der Waals surface area contributed by atoms with Crippen molar-refractivity contribution in [2.45, 2.75) is 52.0 Å². The molecule has 3 heterocycles. The Morgan fingerprint density at radius 2 is 1.81 bits per heavy atom. The second-order valence-electron chi connectivity index (χ2n) is 9.29. The number of carbonyl (C=O) groups is 1. The highest BCUT2D eigenvalue weighted by molar-refractivity contribution is 5.81. The molecule has 8 heteroatoms. The van der Waals surface area contributed by atoms with E-state index in [1.54, 1.807) is 0 Å². The highest BCUT2D eigenvalue weighted by atomic mass is 16.2. The lowest BCUT2D eigenvalue weighted by atomic mass is 9.99. The van der Waals surface area contributed by atoms with Crippen LogP contribution in [0.1, 0.15) is 46.5 Å². The minimum absolute atomic E-state index is 0.0475. The Hall–Kier alpha value is -2.35. The summed E-state index contributed by atoms with van der Waals surface area (Å²) in [6, 6.07) is 5.95. The molecule has 0 saturated carbocycles. The van der Waals surface area contributed by atoms with Crippen LogP contribution in [0.2, 0.25) is 0 Å². The average molecular weight is 444 g/mol. The third kappa shape index (κ3) is 7.08. The van der Waals surface area contributed by atoms with Crippen molar-refractivity contribution in [2.24, 2.45) is 4.99 Å². The molecule has 1 amide bonds. The predicted octanol–water partition coefficient (Wildman–Crippen LogP) is 1.94. The summed E-state index contributed by atoms with van der Waals surface area (Å²) < 4.78 is 0. The van der Waals surface area contributed by atoms with Crippen molar-refractivity contribution in [1.29, 1.82) is 0 Å². The van der Waals surface area contributed by atoms with E-state index >= 15 is 0 Å². The molecule has 0 unspecified atom stereocenters. The van der Waals surface area contributed by atoms with Crippen molar-refractivity contribution in [3.8, 4) is 0 Å². The predicted molar refractivity (Wildman–Crippen MR) is 131 cm³/mol. The largest absolute Gasteiger partial charge is 0.357 e. The van der Waals surface area contributed by atoms with Crippen molar-refractivity contribution in [3.63, 3.8) is 0 Å². The molecule has 2 N–H and O–H groups in total. The number of nitrogens with zero attached hydrogens (tertiary/aromatic N) is 5. The number of aliphatic imine (C=N–C) groups is 1. The summed E-state index contributed by atoms with van der Waals surface area (Å²) in [7, 11) is 0. The lowest BCUT2D eigenvalue weighted by Crippen LogP contribution is -2.50. The molecule has 178 valence electrons. The van der Waals surface area contributed by atoms with E-state index in [2.05, 4.69) is 46.2 Å². The van der Waals surface area contributed by atoms with E-state index in [9.17, 15) is 4.79 Å². The first-order valence-corrected chi connectivity index (χ1v) is 12.2. The monoisotopic (exact) mass is 443 g/mol. The molecule has 1 aromatic heterocycles. The Morgan fingerprint density at radius 1 is 1.06 bits per heavy atom. The van der Waals surface area contributed by atoms with Gasteiger partial charge in [0.25, 0.3) is 0 Å². The van der Waals surface area contributed by atoms with E-state index < -0.39 is 0 Å². The molecule has 2 fully saturated rings. The Bertz CT molecular complexity index is 723. The summed E-state index contributed by atoms with van der Waals surface area (Å²) >= 11 is 0. The molecule has 0 spiro atoms. The fourth-order valence-electron chi connectivity index (χ4n) is 4.39. The van der Waals surface area contributed by atoms with Crippen LogP contribution in [-0.4, -0.2) is 91.1 Å². The van der Waals surface area contributed by atoms with Crippen molar-refractivity contribution in [1.82, 2.24) is 25.4 Å². The van der Waals surface area contributed by atoms with Gasteiger partial charge < -0.3 is 20.4 Å². The van der Waals surface area contributed by atoms with E-state index in [1.807, 2.05) is 29.3 Å². The highest BCUT2D eigenvalue weighted by Gasteiger charge is 2.27. The number of piperidine rings is 1. The number of hydrogen-bond donors (Lipinski definition) is 2. The molecule has 3 rings (SSSR count). The van der Waals surface area contributed by atoms with Crippen molar-refractivity contribution < 1.29 is 4.79 Å². The molecule has 0 aromatic carbocycles. The zero-order chi connectivity index (χ0) is 22.8. The first-order chi connectivity index (χ1) is 15.5. The minimum atomic E-state index is 0.0475.